The van der Waals surface area contributed by atoms with Crippen molar-refractivity contribution in [3.63, 3.8) is 0 Å². The normalized spacial score (nSPS) is 9.40. The second-order valence-electron chi connectivity index (χ2n) is 1.86. The first-order valence-corrected chi connectivity index (χ1v) is 3.28. The third kappa shape index (κ3) is 5.50. The van der Waals surface area contributed by atoms with E-state index in [0.717, 1.165) is 0 Å². The van der Waals surface area contributed by atoms with Crippen molar-refractivity contribution in [2.75, 3.05) is 26.8 Å². The van der Waals surface area contributed by atoms with E-state index in [9.17, 15) is 9.18 Å². The van der Waals surface area contributed by atoms with Gasteiger partial charge in [-0.05, 0) is 0 Å². The van der Waals surface area contributed by atoms with Crippen molar-refractivity contribution in [3.05, 3.63) is 0 Å². The summed E-state index contributed by atoms with van der Waals surface area (Å²) in [6.07, 6.45) is 0.413. The Morgan fingerprint density at radius 2 is 2.20 bits per heavy atom. The SMILES string of the molecule is CNC(=O)CCNCCF. The van der Waals surface area contributed by atoms with Crippen molar-refractivity contribution in [2.24, 2.45) is 0 Å². The first-order chi connectivity index (χ1) is 4.81. The fraction of sp³-hybridized carbons (Fsp3) is 0.833. The summed E-state index contributed by atoms with van der Waals surface area (Å²) in [7, 11) is 1.58. The van der Waals surface area contributed by atoms with Crippen LogP contribution in [0.2, 0.25) is 0 Å². The largest absolute Gasteiger partial charge is 0.359 e. The second kappa shape index (κ2) is 6.48. The molecule has 0 saturated carbocycles. The molecule has 0 aliphatic heterocycles. The van der Waals surface area contributed by atoms with Crippen LogP contribution in [-0.2, 0) is 4.79 Å². The quantitative estimate of drug-likeness (QED) is 0.525. The lowest BCUT2D eigenvalue weighted by Crippen LogP contribution is -2.25. The highest BCUT2D eigenvalue weighted by Crippen LogP contribution is 1.74. The van der Waals surface area contributed by atoms with Crippen molar-refractivity contribution in [3.8, 4) is 0 Å². The van der Waals surface area contributed by atoms with Gasteiger partial charge in [-0.25, -0.2) is 4.39 Å². The van der Waals surface area contributed by atoms with Crippen LogP contribution in [0.5, 0.6) is 0 Å². The lowest BCUT2D eigenvalue weighted by molar-refractivity contribution is -0.120. The van der Waals surface area contributed by atoms with Crippen molar-refractivity contribution in [1.29, 1.82) is 0 Å². The van der Waals surface area contributed by atoms with Crippen molar-refractivity contribution < 1.29 is 9.18 Å². The highest BCUT2D eigenvalue weighted by molar-refractivity contribution is 5.75. The van der Waals surface area contributed by atoms with Gasteiger partial charge in [-0.1, -0.05) is 0 Å². The number of carbonyl (C=O) groups excluding carboxylic acids is 1. The average molecular weight is 148 g/mol. The standard InChI is InChI=1S/C6H13FN2O/c1-8-6(10)2-4-9-5-3-7/h9H,2-5H2,1H3,(H,8,10). The van der Waals surface area contributed by atoms with Gasteiger partial charge in [0.1, 0.15) is 6.67 Å². The van der Waals surface area contributed by atoms with Gasteiger partial charge in [0.25, 0.3) is 0 Å². The predicted molar refractivity (Wildman–Crippen MR) is 37.5 cm³/mol. The summed E-state index contributed by atoms with van der Waals surface area (Å²) < 4.78 is 11.4. The van der Waals surface area contributed by atoms with E-state index in [1.54, 1.807) is 7.05 Å². The minimum atomic E-state index is -0.381. The van der Waals surface area contributed by atoms with Crippen molar-refractivity contribution in [1.82, 2.24) is 10.6 Å². The molecular weight excluding hydrogens is 135 g/mol. The summed E-state index contributed by atoms with van der Waals surface area (Å²) in [4.78, 5) is 10.5. The van der Waals surface area contributed by atoms with E-state index in [4.69, 9.17) is 0 Å². The van der Waals surface area contributed by atoms with E-state index in [0.29, 0.717) is 19.5 Å². The lowest BCUT2D eigenvalue weighted by Gasteiger charge is -1.99. The Labute approximate surface area is 60.0 Å². The van der Waals surface area contributed by atoms with Gasteiger partial charge < -0.3 is 10.6 Å². The number of hydrogen-bond donors (Lipinski definition) is 2. The summed E-state index contributed by atoms with van der Waals surface area (Å²) in [6, 6.07) is 0. The van der Waals surface area contributed by atoms with Gasteiger partial charge in [0, 0.05) is 26.6 Å². The number of halogens is 1. The maximum Gasteiger partial charge on any atom is 0.221 e. The molecule has 10 heavy (non-hydrogen) atoms. The first kappa shape index (κ1) is 9.36. The zero-order chi connectivity index (χ0) is 7.82. The average Bonchev–Trinajstić information content (AvgIpc) is 1.98. The van der Waals surface area contributed by atoms with Crippen molar-refractivity contribution in [2.45, 2.75) is 6.42 Å². The van der Waals surface area contributed by atoms with Gasteiger partial charge in [-0.3, -0.25) is 4.79 Å². The van der Waals surface area contributed by atoms with Gasteiger partial charge in [-0.2, -0.15) is 0 Å². The maximum absolute atomic E-state index is 11.4. The molecule has 4 heteroatoms. The molecule has 0 radical (unpaired) electrons. The molecule has 0 heterocycles. The molecule has 0 saturated heterocycles. The van der Waals surface area contributed by atoms with Gasteiger partial charge in [-0.15, -0.1) is 0 Å². The Hall–Kier alpha value is -0.640. The molecule has 0 aliphatic rings. The summed E-state index contributed by atoms with van der Waals surface area (Å²) in [5, 5.41) is 5.23. The van der Waals surface area contributed by atoms with Crippen LogP contribution in [0.3, 0.4) is 0 Å². The van der Waals surface area contributed by atoms with Crippen LogP contribution in [0, 0.1) is 0 Å². The number of nitrogens with one attached hydrogen (secondary N) is 2. The topological polar surface area (TPSA) is 41.1 Å². The van der Waals surface area contributed by atoms with E-state index < -0.39 is 0 Å². The second-order valence-corrected chi connectivity index (χ2v) is 1.86. The zero-order valence-corrected chi connectivity index (χ0v) is 6.11. The van der Waals surface area contributed by atoms with Crippen LogP contribution in [0.4, 0.5) is 4.39 Å². The molecule has 0 aromatic carbocycles. The molecule has 0 rings (SSSR count). The van der Waals surface area contributed by atoms with E-state index in [-0.39, 0.29) is 12.6 Å². The Morgan fingerprint density at radius 3 is 2.70 bits per heavy atom. The molecule has 0 atom stereocenters. The molecule has 3 nitrogen and oxygen atoms in total. The van der Waals surface area contributed by atoms with Crippen LogP contribution in [0.1, 0.15) is 6.42 Å². The lowest BCUT2D eigenvalue weighted by atomic mass is 10.4. The number of amides is 1. The van der Waals surface area contributed by atoms with Gasteiger partial charge >= 0.3 is 0 Å². The van der Waals surface area contributed by atoms with E-state index in [1.807, 2.05) is 0 Å². The molecule has 60 valence electrons. The number of hydrogen-bond acceptors (Lipinski definition) is 2. The molecule has 0 spiro atoms. The third-order valence-corrected chi connectivity index (χ3v) is 1.08. The fourth-order valence-corrected chi connectivity index (χ4v) is 0.519. The molecule has 1 amide bonds. The van der Waals surface area contributed by atoms with Gasteiger partial charge in [0.05, 0.1) is 0 Å². The van der Waals surface area contributed by atoms with Crippen LogP contribution in [0.15, 0.2) is 0 Å². The Kier molecular flexibility index (Phi) is 6.06. The first-order valence-electron chi connectivity index (χ1n) is 3.28. The number of rotatable bonds is 5. The monoisotopic (exact) mass is 148 g/mol. The molecule has 0 aliphatic carbocycles. The minimum absolute atomic E-state index is 0.0219. The summed E-state index contributed by atoms with van der Waals surface area (Å²) in [5.41, 5.74) is 0. The smallest absolute Gasteiger partial charge is 0.221 e. The molecule has 0 bridgehead atoms. The summed E-state index contributed by atoms with van der Waals surface area (Å²) in [6.45, 7) is 0.494. The van der Waals surface area contributed by atoms with Crippen LogP contribution < -0.4 is 10.6 Å². The summed E-state index contributed by atoms with van der Waals surface area (Å²) >= 11 is 0. The Balaban J connectivity index is 2.96. The van der Waals surface area contributed by atoms with Crippen LogP contribution in [0.25, 0.3) is 0 Å². The molecule has 0 unspecified atom stereocenters. The third-order valence-electron chi connectivity index (χ3n) is 1.08. The highest BCUT2D eigenvalue weighted by Gasteiger charge is 1.94. The van der Waals surface area contributed by atoms with Gasteiger partial charge in [0.2, 0.25) is 5.91 Å². The van der Waals surface area contributed by atoms with E-state index in [1.165, 1.54) is 0 Å². The fourth-order valence-electron chi connectivity index (χ4n) is 0.519. The zero-order valence-electron chi connectivity index (χ0n) is 6.11. The minimum Gasteiger partial charge on any atom is -0.359 e. The maximum atomic E-state index is 11.4. The molecule has 0 aromatic heterocycles. The van der Waals surface area contributed by atoms with E-state index >= 15 is 0 Å². The Bertz CT molecular complexity index is 97.7. The molecular formula is C6H13FN2O. The predicted octanol–water partition coefficient (Wildman–Crippen LogP) is -0.318. The number of carbonyl (C=O) groups is 1. The van der Waals surface area contributed by atoms with E-state index in [2.05, 4.69) is 10.6 Å². The Morgan fingerprint density at radius 1 is 1.50 bits per heavy atom. The molecule has 2 N–H and O–H groups in total. The van der Waals surface area contributed by atoms with Gasteiger partial charge in [0.15, 0.2) is 0 Å². The summed E-state index contributed by atoms with van der Waals surface area (Å²) in [5.74, 6) is -0.0219. The van der Waals surface area contributed by atoms with Crippen LogP contribution in [-0.4, -0.2) is 32.7 Å². The highest BCUT2D eigenvalue weighted by atomic mass is 19.1. The van der Waals surface area contributed by atoms with Crippen molar-refractivity contribution >= 4 is 5.91 Å². The number of alkyl halides is 1. The van der Waals surface area contributed by atoms with Crippen LogP contribution >= 0.6 is 0 Å². The molecule has 0 aromatic rings. The molecule has 0 fully saturated rings.